The van der Waals surface area contributed by atoms with Gasteiger partial charge < -0.3 is 14.9 Å². The van der Waals surface area contributed by atoms with E-state index >= 15 is 0 Å². The number of aryl methyl sites for hydroxylation is 2. The molecule has 0 radical (unpaired) electrons. The molecule has 1 heterocycles. The number of carboxylic acid groups (broad SMARTS) is 1. The highest BCUT2D eigenvalue weighted by atomic mass is 16.5. The molecule has 18 heavy (non-hydrogen) atoms. The van der Waals surface area contributed by atoms with Crippen LogP contribution in [0.25, 0.3) is 0 Å². The highest BCUT2D eigenvalue weighted by Gasteiger charge is 2.06. The van der Waals surface area contributed by atoms with Crippen LogP contribution in [0.2, 0.25) is 0 Å². The predicted octanol–water partition coefficient (Wildman–Crippen LogP) is 2.60. The minimum absolute atomic E-state index is 0.286. The molecule has 0 saturated carbocycles. The van der Waals surface area contributed by atoms with Crippen molar-refractivity contribution < 1.29 is 14.4 Å². The fourth-order valence-electron chi connectivity index (χ4n) is 1.68. The average molecular weight is 246 g/mol. The Hall–Kier alpha value is -2.30. The van der Waals surface area contributed by atoms with E-state index in [9.17, 15) is 4.79 Å². The maximum atomic E-state index is 10.8. The highest BCUT2D eigenvalue weighted by Crippen LogP contribution is 2.17. The number of rotatable bonds is 4. The summed E-state index contributed by atoms with van der Waals surface area (Å²) in [5.74, 6) is -0.176. The first kappa shape index (κ1) is 12.2. The largest absolute Gasteiger partial charge is 0.478 e. The molecule has 0 saturated heterocycles. The fraction of sp³-hybridized carbons (Fsp3) is 0.231. The lowest BCUT2D eigenvalue weighted by Gasteiger charge is -2.08. The average Bonchev–Trinajstić information content (AvgIpc) is 2.73. The summed E-state index contributed by atoms with van der Waals surface area (Å²) in [6.07, 6.45) is 0. The van der Waals surface area contributed by atoms with Crippen LogP contribution in [0, 0.1) is 13.8 Å². The van der Waals surface area contributed by atoms with Crippen LogP contribution in [-0.4, -0.2) is 16.2 Å². The Morgan fingerprint density at radius 2 is 2.17 bits per heavy atom. The third-order valence-corrected chi connectivity index (χ3v) is 2.60. The quantitative estimate of drug-likeness (QED) is 0.867. The second-order valence-electron chi connectivity index (χ2n) is 4.12. The van der Waals surface area contributed by atoms with Gasteiger partial charge in [0.1, 0.15) is 0 Å². The van der Waals surface area contributed by atoms with Gasteiger partial charge in [-0.2, -0.15) is 0 Å². The van der Waals surface area contributed by atoms with Gasteiger partial charge in [-0.15, -0.1) is 0 Å². The summed E-state index contributed by atoms with van der Waals surface area (Å²) < 4.78 is 5.08. The summed E-state index contributed by atoms with van der Waals surface area (Å²) in [4.78, 5) is 10.8. The maximum absolute atomic E-state index is 10.8. The molecule has 0 unspecified atom stereocenters. The van der Waals surface area contributed by atoms with Crippen LogP contribution in [-0.2, 0) is 6.54 Å². The third kappa shape index (κ3) is 2.68. The van der Waals surface area contributed by atoms with E-state index in [2.05, 4.69) is 10.5 Å². The second-order valence-corrected chi connectivity index (χ2v) is 4.12. The van der Waals surface area contributed by atoms with Crippen molar-refractivity contribution in [2.24, 2.45) is 0 Å². The Morgan fingerprint density at radius 1 is 1.39 bits per heavy atom. The first-order chi connectivity index (χ1) is 8.56. The number of aromatic nitrogens is 1. The molecule has 1 aromatic carbocycles. The van der Waals surface area contributed by atoms with Crippen molar-refractivity contribution in [3.05, 3.63) is 46.8 Å². The van der Waals surface area contributed by atoms with Crippen LogP contribution in [0.5, 0.6) is 0 Å². The summed E-state index contributed by atoms with van der Waals surface area (Å²) in [5, 5.41) is 15.8. The van der Waals surface area contributed by atoms with Crippen molar-refractivity contribution in [3.8, 4) is 0 Å². The number of hydrogen-bond donors (Lipinski definition) is 2. The molecular weight excluding hydrogens is 232 g/mol. The third-order valence-electron chi connectivity index (χ3n) is 2.60. The zero-order chi connectivity index (χ0) is 13.1. The van der Waals surface area contributed by atoms with Crippen molar-refractivity contribution in [1.82, 2.24) is 5.16 Å². The molecule has 0 fully saturated rings. The standard InChI is InChI=1S/C13H14N2O3/c1-8-5-10(13(16)17)3-4-12(8)14-7-11-6-9(2)15-18-11/h3-6,14H,7H2,1-2H3,(H,16,17). The zero-order valence-electron chi connectivity index (χ0n) is 10.2. The molecule has 0 spiro atoms. The van der Waals surface area contributed by atoms with E-state index in [-0.39, 0.29) is 5.56 Å². The van der Waals surface area contributed by atoms with E-state index in [1.165, 1.54) is 0 Å². The number of carbonyl (C=O) groups is 1. The Labute approximate surface area is 104 Å². The summed E-state index contributed by atoms with van der Waals surface area (Å²) in [6, 6.07) is 6.82. The normalized spacial score (nSPS) is 10.3. The van der Waals surface area contributed by atoms with Crippen LogP contribution in [0.1, 0.15) is 27.4 Å². The number of hydrogen-bond acceptors (Lipinski definition) is 4. The van der Waals surface area contributed by atoms with E-state index in [0.29, 0.717) is 6.54 Å². The molecule has 5 heteroatoms. The van der Waals surface area contributed by atoms with E-state index in [4.69, 9.17) is 9.63 Å². The molecule has 0 atom stereocenters. The van der Waals surface area contributed by atoms with Crippen LogP contribution >= 0.6 is 0 Å². The molecule has 94 valence electrons. The van der Waals surface area contributed by atoms with Gasteiger partial charge in [0.05, 0.1) is 17.8 Å². The predicted molar refractivity (Wildman–Crippen MR) is 66.7 cm³/mol. The number of aromatic carboxylic acids is 1. The number of carboxylic acids is 1. The van der Waals surface area contributed by atoms with Gasteiger partial charge in [-0.05, 0) is 37.6 Å². The fourth-order valence-corrected chi connectivity index (χ4v) is 1.68. The van der Waals surface area contributed by atoms with Gasteiger partial charge >= 0.3 is 5.97 Å². The van der Waals surface area contributed by atoms with Gasteiger partial charge in [0, 0.05) is 11.8 Å². The molecule has 2 rings (SSSR count). The van der Waals surface area contributed by atoms with Gasteiger partial charge in [-0.25, -0.2) is 4.79 Å². The molecule has 0 aliphatic heterocycles. The van der Waals surface area contributed by atoms with Gasteiger partial charge in [0.2, 0.25) is 0 Å². The highest BCUT2D eigenvalue weighted by molar-refractivity contribution is 5.88. The minimum atomic E-state index is -0.921. The van der Waals surface area contributed by atoms with Gasteiger partial charge in [-0.1, -0.05) is 5.16 Å². The number of nitrogens with one attached hydrogen (secondary N) is 1. The first-order valence-corrected chi connectivity index (χ1v) is 5.56. The lowest BCUT2D eigenvalue weighted by Crippen LogP contribution is -2.02. The van der Waals surface area contributed by atoms with E-state index in [1.807, 2.05) is 19.9 Å². The van der Waals surface area contributed by atoms with Crippen molar-refractivity contribution in [2.75, 3.05) is 5.32 Å². The van der Waals surface area contributed by atoms with Crippen LogP contribution in [0.15, 0.2) is 28.8 Å². The molecular formula is C13H14N2O3. The topological polar surface area (TPSA) is 75.4 Å². The monoisotopic (exact) mass is 246 g/mol. The molecule has 0 aliphatic rings. The lowest BCUT2D eigenvalue weighted by atomic mass is 10.1. The van der Waals surface area contributed by atoms with Crippen molar-refractivity contribution in [2.45, 2.75) is 20.4 Å². The summed E-state index contributed by atoms with van der Waals surface area (Å²) in [7, 11) is 0. The second kappa shape index (κ2) is 4.91. The summed E-state index contributed by atoms with van der Waals surface area (Å²) in [6.45, 7) is 4.24. The summed E-state index contributed by atoms with van der Waals surface area (Å²) >= 11 is 0. The summed E-state index contributed by atoms with van der Waals surface area (Å²) in [5.41, 5.74) is 2.89. The van der Waals surface area contributed by atoms with E-state index in [0.717, 1.165) is 22.7 Å². The van der Waals surface area contributed by atoms with Crippen LogP contribution in [0.3, 0.4) is 0 Å². The Kier molecular flexibility index (Phi) is 3.32. The Morgan fingerprint density at radius 3 is 2.72 bits per heavy atom. The molecule has 5 nitrogen and oxygen atoms in total. The van der Waals surface area contributed by atoms with Gasteiger partial charge in [0.25, 0.3) is 0 Å². The van der Waals surface area contributed by atoms with Crippen LogP contribution < -0.4 is 5.32 Å². The van der Waals surface area contributed by atoms with E-state index < -0.39 is 5.97 Å². The van der Waals surface area contributed by atoms with Crippen LogP contribution in [0.4, 0.5) is 5.69 Å². The molecule has 2 aromatic rings. The molecule has 0 bridgehead atoms. The zero-order valence-corrected chi connectivity index (χ0v) is 10.2. The molecule has 2 N–H and O–H groups in total. The number of benzene rings is 1. The van der Waals surface area contributed by atoms with Gasteiger partial charge in [0.15, 0.2) is 5.76 Å². The molecule has 0 amide bonds. The Bertz CT molecular complexity index is 575. The van der Waals surface area contributed by atoms with Crippen molar-refractivity contribution in [3.63, 3.8) is 0 Å². The Balaban J connectivity index is 2.08. The van der Waals surface area contributed by atoms with Crippen molar-refractivity contribution in [1.29, 1.82) is 0 Å². The molecule has 0 aliphatic carbocycles. The minimum Gasteiger partial charge on any atom is -0.478 e. The van der Waals surface area contributed by atoms with E-state index in [1.54, 1.807) is 18.2 Å². The number of nitrogens with zero attached hydrogens (tertiary/aromatic N) is 1. The smallest absolute Gasteiger partial charge is 0.335 e. The maximum Gasteiger partial charge on any atom is 0.335 e. The number of anilines is 1. The SMILES string of the molecule is Cc1cc(CNc2ccc(C(=O)O)cc2C)on1. The lowest BCUT2D eigenvalue weighted by molar-refractivity contribution is 0.0697. The van der Waals surface area contributed by atoms with Gasteiger partial charge in [-0.3, -0.25) is 0 Å². The molecule has 1 aromatic heterocycles. The van der Waals surface area contributed by atoms with Crippen molar-refractivity contribution >= 4 is 11.7 Å². The first-order valence-electron chi connectivity index (χ1n) is 5.56.